The lowest BCUT2D eigenvalue weighted by atomic mass is 10.2. The van der Waals surface area contributed by atoms with E-state index >= 15 is 0 Å². The summed E-state index contributed by atoms with van der Waals surface area (Å²) < 4.78 is 5.48. The third-order valence-corrected chi connectivity index (χ3v) is 3.72. The van der Waals surface area contributed by atoms with E-state index in [1.807, 2.05) is 0 Å². The molecule has 0 bridgehead atoms. The van der Waals surface area contributed by atoms with Crippen molar-refractivity contribution in [2.24, 2.45) is 11.8 Å². The molecule has 4 atom stereocenters. The second kappa shape index (κ2) is 4.72. The maximum Gasteiger partial charge on any atom is 0.332 e. The Balaban J connectivity index is 1.68. The molecule has 16 heavy (non-hydrogen) atoms. The summed E-state index contributed by atoms with van der Waals surface area (Å²) in [6.45, 7) is 4.27. The van der Waals surface area contributed by atoms with Gasteiger partial charge in [-0.15, -0.1) is 0 Å². The summed E-state index contributed by atoms with van der Waals surface area (Å²) in [6, 6.07) is 0. The first-order chi connectivity index (χ1) is 7.56. The van der Waals surface area contributed by atoms with E-state index in [4.69, 9.17) is 9.84 Å². The lowest BCUT2D eigenvalue weighted by Crippen LogP contribution is -2.32. The van der Waals surface area contributed by atoms with E-state index in [1.54, 1.807) is 0 Å². The zero-order chi connectivity index (χ0) is 11.7. The third kappa shape index (κ3) is 2.95. The van der Waals surface area contributed by atoms with Crippen LogP contribution in [-0.2, 0) is 9.53 Å². The second-order valence-corrected chi connectivity index (χ2v) is 5.36. The maximum atomic E-state index is 10.7. The van der Waals surface area contributed by atoms with Gasteiger partial charge in [0.1, 0.15) is 0 Å². The summed E-state index contributed by atoms with van der Waals surface area (Å²) in [5, 5.41) is 8.82. The van der Waals surface area contributed by atoms with Crippen LogP contribution < -0.4 is 0 Å². The molecule has 0 aromatic rings. The monoisotopic (exact) mass is 227 g/mol. The predicted octanol–water partition coefficient (Wildman–Crippen LogP) is 1.21. The molecule has 92 valence electrons. The largest absolute Gasteiger partial charge is 0.479 e. The number of hydrogen-bond donors (Lipinski definition) is 1. The minimum absolute atomic E-state index is 0.111. The smallest absolute Gasteiger partial charge is 0.332 e. The quantitative estimate of drug-likeness (QED) is 0.767. The maximum absolute atomic E-state index is 10.7. The highest BCUT2D eigenvalue weighted by molar-refractivity contribution is 5.72. The summed E-state index contributed by atoms with van der Waals surface area (Å²) in [4.78, 5) is 13.0. The van der Waals surface area contributed by atoms with Crippen LogP contribution in [0.25, 0.3) is 0 Å². The third-order valence-electron chi connectivity index (χ3n) is 3.72. The fourth-order valence-electron chi connectivity index (χ4n) is 2.50. The van der Waals surface area contributed by atoms with E-state index in [0.29, 0.717) is 6.42 Å². The van der Waals surface area contributed by atoms with Crippen molar-refractivity contribution in [1.29, 1.82) is 0 Å². The van der Waals surface area contributed by atoms with Crippen molar-refractivity contribution in [3.8, 4) is 0 Å². The Morgan fingerprint density at radius 3 is 2.62 bits per heavy atom. The van der Waals surface area contributed by atoms with Crippen LogP contribution in [0.5, 0.6) is 0 Å². The number of hydrogen-bond acceptors (Lipinski definition) is 3. The van der Waals surface area contributed by atoms with Crippen molar-refractivity contribution in [3.05, 3.63) is 0 Å². The molecule has 4 heteroatoms. The Hall–Kier alpha value is -0.610. The minimum Gasteiger partial charge on any atom is -0.479 e. The molecule has 0 aromatic carbocycles. The molecular weight excluding hydrogens is 206 g/mol. The molecule has 4 unspecified atom stereocenters. The van der Waals surface area contributed by atoms with Crippen LogP contribution in [-0.4, -0.2) is 48.3 Å². The number of ether oxygens (including phenoxy) is 1. The van der Waals surface area contributed by atoms with Gasteiger partial charge in [0.25, 0.3) is 0 Å². The number of carboxylic acid groups (broad SMARTS) is 1. The van der Waals surface area contributed by atoms with Gasteiger partial charge in [0.05, 0.1) is 6.10 Å². The first kappa shape index (κ1) is 11.9. The van der Waals surface area contributed by atoms with Gasteiger partial charge in [0.2, 0.25) is 0 Å². The Labute approximate surface area is 96.6 Å². The van der Waals surface area contributed by atoms with Crippen molar-refractivity contribution < 1.29 is 14.6 Å². The van der Waals surface area contributed by atoms with E-state index in [-0.39, 0.29) is 6.10 Å². The molecule has 0 radical (unpaired) electrons. The van der Waals surface area contributed by atoms with Gasteiger partial charge >= 0.3 is 5.97 Å². The molecule has 1 saturated carbocycles. The summed E-state index contributed by atoms with van der Waals surface area (Å²) in [6.07, 6.45) is 2.42. The predicted molar refractivity (Wildman–Crippen MR) is 60.3 cm³/mol. The molecular formula is C12H21NO3. The molecule has 4 nitrogen and oxygen atoms in total. The fraction of sp³-hybridized carbons (Fsp3) is 0.917. The van der Waals surface area contributed by atoms with E-state index in [2.05, 4.69) is 18.9 Å². The lowest BCUT2D eigenvalue weighted by molar-refractivity contribution is -0.149. The van der Waals surface area contributed by atoms with Crippen LogP contribution in [0.4, 0.5) is 0 Å². The van der Waals surface area contributed by atoms with Gasteiger partial charge in [-0.3, -0.25) is 0 Å². The minimum atomic E-state index is -0.819. The average molecular weight is 227 g/mol. The molecule has 2 aliphatic rings. The van der Waals surface area contributed by atoms with Gasteiger partial charge < -0.3 is 14.7 Å². The number of rotatable bonds is 5. The number of carbonyl (C=O) groups is 1. The van der Waals surface area contributed by atoms with Gasteiger partial charge in [0, 0.05) is 13.1 Å². The number of nitrogens with zero attached hydrogens (tertiary/aromatic N) is 1. The van der Waals surface area contributed by atoms with Crippen molar-refractivity contribution in [2.45, 2.75) is 38.4 Å². The standard InChI is InChI=1S/C12H21NO3/c1-8-5-9(8)6-13(2)7-10-3-4-11(16-10)12(14)15/h8-11H,3-7H2,1-2H3,(H,14,15). The Bertz CT molecular complexity index is 269. The van der Waals surface area contributed by atoms with Crippen molar-refractivity contribution in [2.75, 3.05) is 20.1 Å². The highest BCUT2D eigenvalue weighted by Gasteiger charge is 2.35. The molecule has 0 amide bonds. The van der Waals surface area contributed by atoms with Crippen LogP contribution in [0.15, 0.2) is 0 Å². The molecule has 2 rings (SSSR count). The summed E-state index contributed by atoms with van der Waals surface area (Å²) in [7, 11) is 2.10. The second-order valence-electron chi connectivity index (χ2n) is 5.36. The van der Waals surface area contributed by atoms with Gasteiger partial charge in [-0.1, -0.05) is 6.92 Å². The molecule has 0 spiro atoms. The normalized spacial score (nSPS) is 37.9. The fourth-order valence-corrected chi connectivity index (χ4v) is 2.50. The van der Waals surface area contributed by atoms with E-state index < -0.39 is 12.1 Å². The first-order valence-electron chi connectivity index (χ1n) is 6.13. The molecule has 1 heterocycles. The molecule has 1 aliphatic heterocycles. The molecule has 1 saturated heterocycles. The zero-order valence-electron chi connectivity index (χ0n) is 10.1. The highest BCUT2D eigenvalue weighted by atomic mass is 16.5. The highest BCUT2D eigenvalue weighted by Crippen LogP contribution is 2.38. The topological polar surface area (TPSA) is 49.8 Å². The van der Waals surface area contributed by atoms with Crippen LogP contribution >= 0.6 is 0 Å². The lowest BCUT2D eigenvalue weighted by Gasteiger charge is -2.20. The number of carboxylic acids is 1. The van der Waals surface area contributed by atoms with Gasteiger partial charge in [-0.2, -0.15) is 0 Å². The summed E-state index contributed by atoms with van der Waals surface area (Å²) in [5.74, 6) is 0.904. The first-order valence-corrected chi connectivity index (χ1v) is 6.13. The Morgan fingerprint density at radius 2 is 2.12 bits per heavy atom. The van der Waals surface area contributed by atoms with Crippen molar-refractivity contribution in [1.82, 2.24) is 4.90 Å². The summed E-state index contributed by atoms with van der Waals surface area (Å²) >= 11 is 0. The molecule has 2 fully saturated rings. The average Bonchev–Trinajstić information content (AvgIpc) is 2.72. The van der Waals surface area contributed by atoms with Crippen molar-refractivity contribution in [3.63, 3.8) is 0 Å². The van der Waals surface area contributed by atoms with Crippen LogP contribution in [0.2, 0.25) is 0 Å². The van der Waals surface area contributed by atoms with E-state index in [1.165, 1.54) is 6.42 Å². The van der Waals surface area contributed by atoms with Crippen molar-refractivity contribution >= 4 is 5.97 Å². The SMILES string of the molecule is CC1CC1CN(C)CC1CCC(C(=O)O)O1. The number of likely N-dealkylation sites (N-methyl/N-ethyl adjacent to an activating group) is 1. The Morgan fingerprint density at radius 1 is 1.44 bits per heavy atom. The molecule has 0 aromatic heterocycles. The van der Waals surface area contributed by atoms with Crippen LogP contribution in [0.1, 0.15) is 26.2 Å². The van der Waals surface area contributed by atoms with Gasteiger partial charge in [-0.05, 0) is 38.1 Å². The summed E-state index contributed by atoms with van der Waals surface area (Å²) in [5.41, 5.74) is 0. The molecule has 1 N–H and O–H groups in total. The van der Waals surface area contributed by atoms with Gasteiger partial charge in [-0.25, -0.2) is 4.79 Å². The van der Waals surface area contributed by atoms with E-state index in [0.717, 1.165) is 31.3 Å². The zero-order valence-corrected chi connectivity index (χ0v) is 10.1. The van der Waals surface area contributed by atoms with Crippen LogP contribution in [0.3, 0.4) is 0 Å². The van der Waals surface area contributed by atoms with E-state index in [9.17, 15) is 4.79 Å². The van der Waals surface area contributed by atoms with Gasteiger partial charge in [0.15, 0.2) is 6.10 Å². The van der Waals surface area contributed by atoms with Crippen LogP contribution in [0, 0.1) is 11.8 Å². The number of aliphatic carboxylic acids is 1. The molecule has 1 aliphatic carbocycles. The Kier molecular flexibility index (Phi) is 3.50.